The van der Waals surface area contributed by atoms with Gasteiger partial charge in [-0.25, -0.2) is 4.39 Å². The van der Waals surface area contributed by atoms with Crippen LogP contribution >= 0.6 is 0 Å². The van der Waals surface area contributed by atoms with Crippen LogP contribution in [0.5, 0.6) is 5.75 Å². The molecule has 0 bridgehead atoms. The van der Waals surface area contributed by atoms with Gasteiger partial charge in [-0.1, -0.05) is 25.1 Å². The van der Waals surface area contributed by atoms with Gasteiger partial charge in [-0.2, -0.15) is 0 Å². The van der Waals surface area contributed by atoms with Crippen LogP contribution in [0.15, 0.2) is 30.4 Å². The fourth-order valence-corrected chi connectivity index (χ4v) is 1.71. The highest BCUT2D eigenvalue weighted by atomic mass is 19.1. The second-order valence-corrected chi connectivity index (χ2v) is 4.12. The maximum absolute atomic E-state index is 13.9. The minimum atomic E-state index is -0.263. The summed E-state index contributed by atoms with van der Waals surface area (Å²) in [6.07, 6.45) is 1.00. The maximum Gasteiger partial charge on any atom is 0.132 e. The van der Waals surface area contributed by atoms with Crippen molar-refractivity contribution in [2.75, 3.05) is 13.7 Å². The number of halogens is 1. The fourth-order valence-electron chi connectivity index (χ4n) is 1.71. The van der Waals surface area contributed by atoms with Crippen LogP contribution in [0.25, 0.3) is 0 Å². The molecule has 0 aliphatic carbocycles. The summed E-state index contributed by atoms with van der Waals surface area (Å²) in [6.45, 7) is 8.72. The Bertz CT molecular complexity index is 390. The molecule has 0 aromatic heterocycles. The Morgan fingerprint density at radius 2 is 2.24 bits per heavy atom. The molecule has 2 nitrogen and oxygen atoms in total. The normalized spacial score (nSPS) is 12.2. The highest BCUT2D eigenvalue weighted by Crippen LogP contribution is 2.25. The lowest BCUT2D eigenvalue weighted by atomic mass is 10.00. The molecule has 0 saturated carbocycles. The molecule has 1 aromatic rings. The van der Waals surface area contributed by atoms with Crippen molar-refractivity contribution < 1.29 is 9.13 Å². The quantitative estimate of drug-likeness (QED) is 0.765. The Morgan fingerprint density at radius 1 is 1.53 bits per heavy atom. The van der Waals surface area contributed by atoms with Gasteiger partial charge in [0.1, 0.15) is 11.6 Å². The van der Waals surface area contributed by atoms with Crippen LogP contribution in [0.4, 0.5) is 4.39 Å². The first kappa shape index (κ1) is 13.7. The topological polar surface area (TPSA) is 21.3 Å². The molecule has 0 saturated heterocycles. The van der Waals surface area contributed by atoms with E-state index < -0.39 is 0 Å². The Labute approximate surface area is 102 Å². The van der Waals surface area contributed by atoms with Crippen LogP contribution in [0, 0.1) is 5.82 Å². The van der Waals surface area contributed by atoms with Crippen LogP contribution in [0.3, 0.4) is 0 Å². The Morgan fingerprint density at radius 3 is 2.71 bits per heavy atom. The van der Waals surface area contributed by atoms with Gasteiger partial charge in [0.25, 0.3) is 0 Å². The van der Waals surface area contributed by atoms with E-state index in [9.17, 15) is 4.39 Å². The largest absolute Gasteiger partial charge is 0.497 e. The number of benzene rings is 1. The third-order valence-corrected chi connectivity index (χ3v) is 2.61. The van der Waals surface area contributed by atoms with Crippen molar-refractivity contribution in [1.29, 1.82) is 0 Å². The zero-order valence-electron chi connectivity index (χ0n) is 10.7. The number of nitrogens with one attached hydrogen (secondary N) is 1. The molecule has 0 heterocycles. The summed E-state index contributed by atoms with van der Waals surface area (Å²) < 4.78 is 18.9. The Hall–Kier alpha value is -1.35. The lowest BCUT2D eigenvalue weighted by Gasteiger charge is -2.20. The Kier molecular flexibility index (Phi) is 5.16. The van der Waals surface area contributed by atoms with E-state index in [2.05, 4.69) is 18.8 Å². The summed E-state index contributed by atoms with van der Waals surface area (Å²) in [5.41, 5.74) is 1.52. The zero-order chi connectivity index (χ0) is 12.8. The van der Waals surface area contributed by atoms with Gasteiger partial charge in [-0.3, -0.25) is 0 Å². The van der Waals surface area contributed by atoms with Crippen molar-refractivity contribution >= 4 is 0 Å². The summed E-state index contributed by atoms with van der Waals surface area (Å²) >= 11 is 0. The molecule has 0 aliphatic rings. The summed E-state index contributed by atoms with van der Waals surface area (Å²) in [7, 11) is 1.53. The highest BCUT2D eigenvalue weighted by Gasteiger charge is 2.16. The number of hydrogen-bond acceptors (Lipinski definition) is 2. The molecule has 0 spiro atoms. The lowest BCUT2D eigenvalue weighted by Crippen LogP contribution is -2.23. The first-order valence-electron chi connectivity index (χ1n) is 5.82. The highest BCUT2D eigenvalue weighted by molar-refractivity contribution is 5.34. The van der Waals surface area contributed by atoms with Crippen molar-refractivity contribution in [3.63, 3.8) is 0 Å². The first-order valence-corrected chi connectivity index (χ1v) is 5.82. The fraction of sp³-hybridized carbons (Fsp3) is 0.429. The van der Waals surface area contributed by atoms with Gasteiger partial charge in [0.05, 0.1) is 13.2 Å². The molecule has 3 heteroatoms. The molecule has 0 amide bonds. The number of hydrogen-bond donors (Lipinski definition) is 1. The van der Waals surface area contributed by atoms with E-state index >= 15 is 0 Å². The van der Waals surface area contributed by atoms with Gasteiger partial charge in [-0.15, -0.1) is 0 Å². The van der Waals surface area contributed by atoms with Gasteiger partial charge in [0.15, 0.2) is 0 Å². The molecular weight excluding hydrogens is 217 g/mol. The molecule has 0 aliphatic heterocycles. The summed E-state index contributed by atoms with van der Waals surface area (Å²) in [4.78, 5) is 0. The molecule has 1 rings (SSSR count). The lowest BCUT2D eigenvalue weighted by molar-refractivity contribution is 0.410. The second-order valence-electron chi connectivity index (χ2n) is 4.12. The van der Waals surface area contributed by atoms with Crippen molar-refractivity contribution in [2.24, 2.45) is 0 Å². The third kappa shape index (κ3) is 3.56. The molecule has 1 atom stereocenters. The maximum atomic E-state index is 13.9. The van der Waals surface area contributed by atoms with Crippen molar-refractivity contribution in [3.8, 4) is 5.75 Å². The molecule has 1 aromatic carbocycles. The molecule has 1 N–H and O–H groups in total. The molecule has 1 unspecified atom stereocenters. The van der Waals surface area contributed by atoms with Crippen LogP contribution < -0.4 is 10.1 Å². The predicted octanol–water partition coefficient (Wildman–Crippen LogP) is 3.45. The van der Waals surface area contributed by atoms with Gasteiger partial charge in [-0.05, 0) is 26.0 Å². The third-order valence-electron chi connectivity index (χ3n) is 2.61. The van der Waals surface area contributed by atoms with Gasteiger partial charge in [0, 0.05) is 11.6 Å². The average Bonchev–Trinajstić information content (AvgIpc) is 2.30. The molecular formula is C14H20FNO. The van der Waals surface area contributed by atoms with E-state index in [-0.39, 0.29) is 11.9 Å². The summed E-state index contributed by atoms with van der Waals surface area (Å²) in [5.74, 6) is 0.267. The van der Waals surface area contributed by atoms with Gasteiger partial charge in [0.2, 0.25) is 0 Å². The van der Waals surface area contributed by atoms with Crippen molar-refractivity contribution in [1.82, 2.24) is 5.32 Å². The van der Waals surface area contributed by atoms with Gasteiger partial charge >= 0.3 is 0 Å². The Balaban J connectivity index is 2.97. The smallest absolute Gasteiger partial charge is 0.132 e. The minimum absolute atomic E-state index is 0.138. The van der Waals surface area contributed by atoms with Crippen molar-refractivity contribution in [2.45, 2.75) is 26.3 Å². The van der Waals surface area contributed by atoms with E-state index in [1.807, 2.05) is 6.92 Å². The number of rotatable bonds is 6. The number of methoxy groups -OCH3 is 1. The van der Waals surface area contributed by atoms with E-state index in [1.165, 1.54) is 13.2 Å². The predicted molar refractivity (Wildman–Crippen MR) is 68.8 cm³/mol. The van der Waals surface area contributed by atoms with Crippen LogP contribution in [0.1, 0.15) is 31.9 Å². The second kappa shape index (κ2) is 6.40. The van der Waals surface area contributed by atoms with E-state index in [4.69, 9.17) is 4.74 Å². The molecule has 94 valence electrons. The molecule has 0 fully saturated rings. The van der Waals surface area contributed by atoms with Crippen LogP contribution in [0.2, 0.25) is 0 Å². The van der Waals surface area contributed by atoms with Crippen molar-refractivity contribution in [3.05, 3.63) is 41.7 Å². The van der Waals surface area contributed by atoms with E-state index in [0.29, 0.717) is 11.3 Å². The minimum Gasteiger partial charge on any atom is -0.497 e. The SMILES string of the molecule is C=C(C)C(NCCC)c1ccc(OC)cc1F. The zero-order valence-corrected chi connectivity index (χ0v) is 10.7. The van der Waals surface area contributed by atoms with Gasteiger partial charge < -0.3 is 10.1 Å². The molecule has 0 radical (unpaired) electrons. The van der Waals surface area contributed by atoms with E-state index in [0.717, 1.165) is 18.5 Å². The van der Waals surface area contributed by atoms with Crippen LogP contribution in [-0.2, 0) is 0 Å². The van der Waals surface area contributed by atoms with E-state index in [1.54, 1.807) is 12.1 Å². The monoisotopic (exact) mass is 237 g/mol. The summed E-state index contributed by atoms with van der Waals surface area (Å²) in [5, 5.41) is 3.28. The summed E-state index contributed by atoms with van der Waals surface area (Å²) in [6, 6.07) is 4.78. The standard InChI is InChI=1S/C14H20FNO/c1-5-8-16-14(10(2)3)12-7-6-11(17-4)9-13(12)15/h6-7,9,14,16H,2,5,8H2,1,3-4H3. The average molecular weight is 237 g/mol. The number of ether oxygens (including phenoxy) is 1. The van der Waals surface area contributed by atoms with Crippen LogP contribution in [-0.4, -0.2) is 13.7 Å². The molecule has 17 heavy (non-hydrogen) atoms. The first-order chi connectivity index (χ1) is 8.10.